The molecule has 1 heterocycles. The molecule has 0 bridgehead atoms. The molecule has 3 rings (SSSR count). The third kappa shape index (κ3) is 3.77. The van der Waals surface area contributed by atoms with Crippen molar-refractivity contribution in [3.8, 4) is 17.2 Å². The zero-order valence-electron chi connectivity index (χ0n) is 16.1. The number of aromatic hydroxyl groups is 3. The molecule has 1 amide bonds. The van der Waals surface area contributed by atoms with Gasteiger partial charge in [-0.2, -0.15) is 0 Å². The zero-order chi connectivity index (χ0) is 21.1. The second-order valence-electron chi connectivity index (χ2n) is 6.48. The molecular weight excluding hydrogens is 376 g/mol. The van der Waals surface area contributed by atoms with Crippen molar-refractivity contribution in [1.29, 1.82) is 0 Å². The molecule has 1 aromatic heterocycles. The van der Waals surface area contributed by atoms with Gasteiger partial charge in [0.2, 0.25) is 0 Å². The number of aldehydes is 1. The highest BCUT2D eigenvalue weighted by molar-refractivity contribution is 6.09. The van der Waals surface area contributed by atoms with E-state index in [1.165, 1.54) is 12.1 Å². The van der Waals surface area contributed by atoms with Crippen LogP contribution in [0, 0.1) is 0 Å². The largest absolute Gasteiger partial charge is 0.507 e. The van der Waals surface area contributed by atoms with E-state index in [4.69, 9.17) is 0 Å². The number of phenols is 3. The Morgan fingerprint density at radius 1 is 1.00 bits per heavy atom. The molecule has 0 saturated carbocycles. The number of phenolic OH excluding ortho intramolecular Hbond substituents is 3. The minimum atomic E-state index is -0.455. The van der Waals surface area contributed by atoms with E-state index in [0.717, 1.165) is 19.2 Å². The molecular formula is C20H22N4O5. The first kappa shape index (κ1) is 20.3. The van der Waals surface area contributed by atoms with Crippen LogP contribution in [-0.4, -0.2) is 68.6 Å². The monoisotopic (exact) mass is 398 g/mol. The number of hydrogen-bond acceptors (Lipinski definition) is 8. The quantitative estimate of drug-likeness (QED) is 0.349. The van der Waals surface area contributed by atoms with Crippen LogP contribution in [0.5, 0.6) is 17.2 Å². The summed E-state index contributed by atoms with van der Waals surface area (Å²) in [4.78, 5) is 34.6. The number of hydrogen-bond donors (Lipinski definition) is 4. The molecule has 0 aliphatic carbocycles. The molecule has 0 spiro atoms. The van der Waals surface area contributed by atoms with Crippen molar-refractivity contribution >= 4 is 34.3 Å². The van der Waals surface area contributed by atoms with Gasteiger partial charge in [-0.05, 0) is 25.2 Å². The fourth-order valence-electron chi connectivity index (χ4n) is 3.15. The maximum atomic E-state index is 12.7. The topological polar surface area (TPSA) is 136 Å². The number of fused-ring (bicyclic) bond motifs is 2. The van der Waals surface area contributed by atoms with E-state index >= 15 is 0 Å². The average molecular weight is 398 g/mol. The second kappa shape index (κ2) is 8.27. The van der Waals surface area contributed by atoms with Crippen LogP contribution in [0.25, 0.3) is 22.1 Å². The maximum Gasteiger partial charge on any atom is 0.253 e. The molecule has 0 aliphatic rings. The number of nitrogens with one attached hydrogen (secondary N) is 1. The molecule has 0 fully saturated rings. The van der Waals surface area contributed by atoms with E-state index in [-0.39, 0.29) is 38.9 Å². The van der Waals surface area contributed by atoms with Crippen LogP contribution in [0.3, 0.4) is 0 Å². The summed E-state index contributed by atoms with van der Waals surface area (Å²) in [6.07, 6.45) is 0.387. The summed E-state index contributed by atoms with van der Waals surface area (Å²) >= 11 is 0. The number of carbonyl (C=O) groups is 2. The summed E-state index contributed by atoms with van der Waals surface area (Å²) in [6.45, 7) is 6.94. The first-order chi connectivity index (χ1) is 13.9. The summed E-state index contributed by atoms with van der Waals surface area (Å²) in [7, 11) is 0. The van der Waals surface area contributed by atoms with Gasteiger partial charge in [0.15, 0.2) is 6.29 Å². The van der Waals surface area contributed by atoms with Gasteiger partial charge in [0.25, 0.3) is 5.91 Å². The van der Waals surface area contributed by atoms with Crippen molar-refractivity contribution in [3.05, 3.63) is 29.3 Å². The lowest BCUT2D eigenvalue weighted by atomic mass is 10.1. The first-order valence-electron chi connectivity index (χ1n) is 9.25. The molecule has 152 valence electrons. The van der Waals surface area contributed by atoms with Crippen molar-refractivity contribution in [2.45, 2.75) is 13.8 Å². The lowest BCUT2D eigenvalue weighted by Gasteiger charge is -2.18. The molecule has 9 heteroatoms. The van der Waals surface area contributed by atoms with Gasteiger partial charge in [0.1, 0.15) is 39.3 Å². The van der Waals surface area contributed by atoms with Crippen molar-refractivity contribution in [1.82, 2.24) is 20.2 Å². The van der Waals surface area contributed by atoms with Crippen LogP contribution in [0.15, 0.2) is 18.2 Å². The predicted octanol–water partition coefficient (Wildman–Crippen LogP) is 1.78. The molecule has 3 aromatic rings. The van der Waals surface area contributed by atoms with Crippen LogP contribution < -0.4 is 5.32 Å². The molecule has 4 N–H and O–H groups in total. The van der Waals surface area contributed by atoms with Crippen LogP contribution in [0.2, 0.25) is 0 Å². The molecule has 2 aromatic carbocycles. The van der Waals surface area contributed by atoms with Gasteiger partial charge in [-0.3, -0.25) is 9.59 Å². The predicted molar refractivity (Wildman–Crippen MR) is 108 cm³/mol. The summed E-state index contributed by atoms with van der Waals surface area (Å²) < 4.78 is 0. The lowest BCUT2D eigenvalue weighted by molar-refractivity contribution is 0.0950. The molecule has 29 heavy (non-hydrogen) atoms. The van der Waals surface area contributed by atoms with Crippen molar-refractivity contribution < 1.29 is 24.9 Å². The zero-order valence-corrected chi connectivity index (χ0v) is 16.1. The number of nitrogens with zero attached hydrogens (tertiary/aromatic N) is 3. The van der Waals surface area contributed by atoms with Gasteiger partial charge < -0.3 is 25.5 Å². The number of rotatable bonds is 7. The Morgan fingerprint density at radius 2 is 1.66 bits per heavy atom. The minimum Gasteiger partial charge on any atom is -0.507 e. The Labute approximate surface area is 166 Å². The molecule has 9 nitrogen and oxygen atoms in total. The van der Waals surface area contributed by atoms with Gasteiger partial charge in [0, 0.05) is 19.2 Å². The van der Waals surface area contributed by atoms with E-state index in [0.29, 0.717) is 19.4 Å². The highest BCUT2D eigenvalue weighted by Gasteiger charge is 2.20. The number of likely N-dealkylation sites (N-methyl/N-ethyl adjacent to an activating group) is 1. The molecule has 0 saturated heterocycles. The van der Waals surface area contributed by atoms with Gasteiger partial charge in [0.05, 0.1) is 11.1 Å². The Hall–Kier alpha value is -3.46. The van der Waals surface area contributed by atoms with E-state index in [2.05, 4.69) is 20.2 Å². The van der Waals surface area contributed by atoms with E-state index < -0.39 is 17.4 Å². The molecule has 0 atom stereocenters. The highest BCUT2D eigenvalue weighted by atomic mass is 16.3. The van der Waals surface area contributed by atoms with Crippen molar-refractivity contribution in [2.75, 3.05) is 26.2 Å². The van der Waals surface area contributed by atoms with Crippen LogP contribution in [0.4, 0.5) is 0 Å². The normalized spacial score (nSPS) is 11.3. The second-order valence-corrected chi connectivity index (χ2v) is 6.48. The Morgan fingerprint density at radius 3 is 2.31 bits per heavy atom. The molecule has 0 aliphatic heterocycles. The summed E-state index contributed by atoms with van der Waals surface area (Å²) in [6, 6.07) is 3.72. The Bertz CT molecular complexity index is 1100. The Kier molecular flexibility index (Phi) is 5.79. The van der Waals surface area contributed by atoms with E-state index in [1.54, 1.807) is 0 Å². The molecule has 0 unspecified atom stereocenters. The SMILES string of the molecule is CCN(CC)CCNC(=O)c1ccc(O)c2nc3c(C=O)c(O)cc(O)c3nc12. The van der Waals surface area contributed by atoms with Gasteiger partial charge >= 0.3 is 0 Å². The summed E-state index contributed by atoms with van der Waals surface area (Å²) in [5, 5.41) is 33.0. The summed E-state index contributed by atoms with van der Waals surface area (Å²) in [5.74, 6) is -1.49. The van der Waals surface area contributed by atoms with Gasteiger partial charge in [-0.15, -0.1) is 0 Å². The fraction of sp³-hybridized carbons (Fsp3) is 0.300. The average Bonchev–Trinajstić information content (AvgIpc) is 2.71. The van der Waals surface area contributed by atoms with E-state index in [1.807, 2.05) is 13.8 Å². The van der Waals surface area contributed by atoms with Crippen LogP contribution >= 0.6 is 0 Å². The fourth-order valence-corrected chi connectivity index (χ4v) is 3.15. The number of benzene rings is 2. The minimum absolute atomic E-state index is 0.0120. The van der Waals surface area contributed by atoms with Gasteiger partial charge in [-0.1, -0.05) is 13.8 Å². The highest BCUT2D eigenvalue weighted by Crippen LogP contribution is 2.35. The number of aromatic nitrogens is 2. The van der Waals surface area contributed by atoms with Crippen molar-refractivity contribution in [2.24, 2.45) is 0 Å². The maximum absolute atomic E-state index is 12.7. The van der Waals surface area contributed by atoms with E-state index in [9.17, 15) is 24.9 Å². The van der Waals surface area contributed by atoms with Crippen molar-refractivity contribution in [3.63, 3.8) is 0 Å². The Balaban J connectivity index is 2.08. The third-order valence-corrected chi connectivity index (χ3v) is 4.82. The number of carbonyl (C=O) groups excluding carboxylic acids is 2. The standard InChI is InChI=1S/C20H22N4O5/c1-3-24(4-2)8-7-21-20(29)11-5-6-13(26)18-16(11)22-19-15(28)9-14(27)12(10-25)17(19)23-18/h5-6,9-10,26-28H,3-4,7-8H2,1-2H3,(H,21,29). The molecule has 0 radical (unpaired) electrons. The third-order valence-electron chi connectivity index (χ3n) is 4.82. The van der Waals surface area contributed by atoms with Gasteiger partial charge in [-0.25, -0.2) is 9.97 Å². The lowest BCUT2D eigenvalue weighted by Crippen LogP contribution is -2.34. The first-order valence-corrected chi connectivity index (χ1v) is 9.25. The summed E-state index contributed by atoms with van der Waals surface area (Å²) in [5.41, 5.74) is -0.0511. The van der Waals surface area contributed by atoms with Crippen LogP contribution in [0.1, 0.15) is 34.6 Å². The number of amides is 1. The van der Waals surface area contributed by atoms with Crippen LogP contribution in [-0.2, 0) is 0 Å². The smallest absolute Gasteiger partial charge is 0.253 e.